The standard InChI is InChI=1S/C18H21NO2/c1-12(2)15-6-4-14(5-7-15)11-19-17-9-8-16(18(20)21)10-13(17)3/h4-10,12,19H,11H2,1-3H3,(H,20,21). The SMILES string of the molecule is Cc1cc(C(=O)O)ccc1NCc1ccc(C(C)C)cc1. The summed E-state index contributed by atoms with van der Waals surface area (Å²) >= 11 is 0. The van der Waals surface area contributed by atoms with Crippen LogP contribution in [0.3, 0.4) is 0 Å². The van der Waals surface area contributed by atoms with E-state index in [1.807, 2.05) is 13.0 Å². The van der Waals surface area contributed by atoms with Crippen molar-refractivity contribution in [3.8, 4) is 0 Å². The van der Waals surface area contributed by atoms with Gasteiger partial charge >= 0.3 is 5.97 Å². The van der Waals surface area contributed by atoms with Gasteiger partial charge in [-0.2, -0.15) is 0 Å². The Morgan fingerprint density at radius 1 is 1.14 bits per heavy atom. The Labute approximate surface area is 125 Å². The van der Waals surface area contributed by atoms with E-state index in [2.05, 4.69) is 43.4 Å². The second-order valence-electron chi connectivity index (χ2n) is 5.58. The Kier molecular flexibility index (Phi) is 4.63. The zero-order valence-corrected chi connectivity index (χ0v) is 12.7. The average molecular weight is 283 g/mol. The predicted molar refractivity (Wildman–Crippen MR) is 86.0 cm³/mol. The fourth-order valence-electron chi connectivity index (χ4n) is 2.21. The van der Waals surface area contributed by atoms with Gasteiger partial charge in [0.2, 0.25) is 0 Å². The molecule has 0 atom stereocenters. The number of hydrogen-bond donors (Lipinski definition) is 2. The van der Waals surface area contributed by atoms with Gasteiger partial charge in [-0.1, -0.05) is 38.1 Å². The fourth-order valence-corrected chi connectivity index (χ4v) is 2.21. The normalized spacial score (nSPS) is 10.7. The van der Waals surface area contributed by atoms with Gasteiger partial charge in [-0.3, -0.25) is 0 Å². The van der Waals surface area contributed by atoms with E-state index < -0.39 is 5.97 Å². The van der Waals surface area contributed by atoms with Crippen molar-refractivity contribution in [3.63, 3.8) is 0 Å². The second-order valence-corrected chi connectivity index (χ2v) is 5.58. The maximum absolute atomic E-state index is 10.9. The van der Waals surface area contributed by atoms with E-state index in [1.165, 1.54) is 11.1 Å². The van der Waals surface area contributed by atoms with Crippen LogP contribution in [0.5, 0.6) is 0 Å². The zero-order valence-electron chi connectivity index (χ0n) is 12.7. The number of aryl methyl sites for hydroxylation is 1. The van der Waals surface area contributed by atoms with Gasteiger partial charge in [0.1, 0.15) is 0 Å². The lowest BCUT2D eigenvalue weighted by molar-refractivity contribution is 0.0697. The van der Waals surface area contributed by atoms with E-state index in [4.69, 9.17) is 5.11 Å². The minimum atomic E-state index is -0.895. The van der Waals surface area contributed by atoms with Crippen molar-refractivity contribution in [2.45, 2.75) is 33.2 Å². The molecular formula is C18H21NO2. The van der Waals surface area contributed by atoms with Crippen LogP contribution in [0.25, 0.3) is 0 Å². The number of benzene rings is 2. The third-order valence-corrected chi connectivity index (χ3v) is 3.60. The molecule has 3 heteroatoms. The van der Waals surface area contributed by atoms with E-state index in [1.54, 1.807) is 12.1 Å². The van der Waals surface area contributed by atoms with Crippen molar-refractivity contribution in [1.29, 1.82) is 0 Å². The maximum Gasteiger partial charge on any atom is 0.335 e. The molecule has 0 saturated heterocycles. The highest BCUT2D eigenvalue weighted by Crippen LogP contribution is 2.19. The molecular weight excluding hydrogens is 262 g/mol. The van der Waals surface area contributed by atoms with Crippen LogP contribution in [-0.2, 0) is 6.54 Å². The molecule has 0 amide bonds. The molecule has 21 heavy (non-hydrogen) atoms. The highest BCUT2D eigenvalue weighted by molar-refractivity contribution is 5.88. The molecule has 3 nitrogen and oxygen atoms in total. The van der Waals surface area contributed by atoms with Gasteiger partial charge in [0.15, 0.2) is 0 Å². The van der Waals surface area contributed by atoms with Crippen LogP contribution in [0.4, 0.5) is 5.69 Å². The van der Waals surface area contributed by atoms with Crippen molar-refractivity contribution in [2.24, 2.45) is 0 Å². The lowest BCUT2D eigenvalue weighted by Crippen LogP contribution is -2.03. The van der Waals surface area contributed by atoms with Gasteiger partial charge < -0.3 is 10.4 Å². The predicted octanol–water partition coefficient (Wildman–Crippen LogP) is 4.43. The Hall–Kier alpha value is -2.29. The molecule has 0 bridgehead atoms. The second kappa shape index (κ2) is 6.44. The van der Waals surface area contributed by atoms with Gasteiger partial charge in [-0.15, -0.1) is 0 Å². The van der Waals surface area contributed by atoms with Crippen LogP contribution in [0.15, 0.2) is 42.5 Å². The van der Waals surface area contributed by atoms with Crippen molar-refractivity contribution in [1.82, 2.24) is 0 Å². The van der Waals surface area contributed by atoms with Crippen molar-refractivity contribution in [3.05, 3.63) is 64.7 Å². The highest BCUT2D eigenvalue weighted by atomic mass is 16.4. The number of hydrogen-bond acceptors (Lipinski definition) is 2. The molecule has 0 aromatic heterocycles. The molecule has 0 unspecified atom stereocenters. The van der Waals surface area contributed by atoms with Gasteiger partial charge in [0, 0.05) is 12.2 Å². The first kappa shape index (κ1) is 15.1. The number of nitrogens with one attached hydrogen (secondary N) is 1. The number of rotatable bonds is 5. The Morgan fingerprint density at radius 3 is 2.33 bits per heavy atom. The molecule has 0 radical (unpaired) electrons. The summed E-state index contributed by atoms with van der Waals surface area (Å²) in [4.78, 5) is 10.9. The number of aromatic carboxylic acids is 1. The number of carboxylic acid groups (broad SMARTS) is 1. The molecule has 0 aliphatic heterocycles. The molecule has 2 aromatic rings. The van der Waals surface area contributed by atoms with Crippen LogP contribution >= 0.6 is 0 Å². The van der Waals surface area contributed by atoms with Crippen LogP contribution in [0.2, 0.25) is 0 Å². The lowest BCUT2D eigenvalue weighted by Gasteiger charge is -2.11. The van der Waals surface area contributed by atoms with Gasteiger partial charge in [-0.25, -0.2) is 4.79 Å². The molecule has 2 aromatic carbocycles. The smallest absolute Gasteiger partial charge is 0.335 e. The molecule has 110 valence electrons. The van der Waals surface area contributed by atoms with E-state index >= 15 is 0 Å². The summed E-state index contributed by atoms with van der Waals surface area (Å²) < 4.78 is 0. The average Bonchev–Trinajstić information content (AvgIpc) is 2.46. The van der Waals surface area contributed by atoms with E-state index in [0.29, 0.717) is 11.5 Å². The summed E-state index contributed by atoms with van der Waals surface area (Å²) in [6.45, 7) is 7.00. The van der Waals surface area contributed by atoms with E-state index in [-0.39, 0.29) is 0 Å². The van der Waals surface area contributed by atoms with Crippen LogP contribution in [0, 0.1) is 6.92 Å². The van der Waals surface area contributed by atoms with Crippen molar-refractivity contribution >= 4 is 11.7 Å². The summed E-state index contributed by atoms with van der Waals surface area (Å²) in [5.41, 5.74) is 4.77. The van der Waals surface area contributed by atoms with Gasteiger partial charge in [0.05, 0.1) is 5.56 Å². The van der Waals surface area contributed by atoms with Crippen LogP contribution in [-0.4, -0.2) is 11.1 Å². The Balaban J connectivity index is 2.04. The van der Waals surface area contributed by atoms with Crippen LogP contribution in [0.1, 0.15) is 46.8 Å². The molecule has 0 heterocycles. The highest BCUT2D eigenvalue weighted by Gasteiger charge is 2.05. The lowest BCUT2D eigenvalue weighted by atomic mass is 10.0. The van der Waals surface area contributed by atoms with E-state index in [0.717, 1.165) is 17.8 Å². The molecule has 2 rings (SSSR count). The first-order valence-electron chi connectivity index (χ1n) is 7.14. The molecule has 0 saturated carbocycles. The minimum absolute atomic E-state index is 0.319. The number of anilines is 1. The molecule has 0 spiro atoms. The molecule has 2 N–H and O–H groups in total. The summed E-state index contributed by atoms with van der Waals surface area (Å²) in [6, 6.07) is 13.7. The Morgan fingerprint density at radius 2 is 1.81 bits per heavy atom. The summed E-state index contributed by atoms with van der Waals surface area (Å²) in [7, 11) is 0. The number of carboxylic acids is 1. The van der Waals surface area contributed by atoms with Gasteiger partial charge in [-0.05, 0) is 47.7 Å². The van der Waals surface area contributed by atoms with Crippen molar-refractivity contribution < 1.29 is 9.90 Å². The first-order chi connectivity index (χ1) is 9.97. The monoisotopic (exact) mass is 283 g/mol. The topological polar surface area (TPSA) is 49.3 Å². The largest absolute Gasteiger partial charge is 0.478 e. The summed E-state index contributed by atoms with van der Waals surface area (Å²) in [5, 5.41) is 12.3. The van der Waals surface area contributed by atoms with Gasteiger partial charge in [0.25, 0.3) is 0 Å². The minimum Gasteiger partial charge on any atom is -0.478 e. The van der Waals surface area contributed by atoms with Crippen LogP contribution < -0.4 is 5.32 Å². The molecule has 0 fully saturated rings. The summed E-state index contributed by atoms with van der Waals surface area (Å²) in [5.74, 6) is -0.355. The quantitative estimate of drug-likeness (QED) is 0.853. The molecule has 0 aliphatic rings. The third kappa shape index (κ3) is 3.85. The third-order valence-electron chi connectivity index (χ3n) is 3.60. The van der Waals surface area contributed by atoms with E-state index in [9.17, 15) is 4.79 Å². The Bertz CT molecular complexity index is 630. The fraction of sp³-hybridized carbons (Fsp3) is 0.278. The first-order valence-corrected chi connectivity index (χ1v) is 7.14. The zero-order chi connectivity index (χ0) is 15.4. The number of carbonyl (C=O) groups is 1. The summed E-state index contributed by atoms with van der Waals surface area (Å²) in [6.07, 6.45) is 0. The maximum atomic E-state index is 10.9. The molecule has 0 aliphatic carbocycles. The van der Waals surface area contributed by atoms with Crippen molar-refractivity contribution in [2.75, 3.05) is 5.32 Å².